The number of benzene rings is 2. The summed E-state index contributed by atoms with van der Waals surface area (Å²) in [5, 5.41) is 0. The van der Waals surface area contributed by atoms with Gasteiger partial charge in [-0.05, 0) is 24.1 Å². The lowest BCUT2D eigenvalue weighted by atomic mass is 10.2. The molecule has 4 N–H and O–H groups in total. The quantitative estimate of drug-likeness (QED) is 0.719. The molecule has 6 heteroatoms. The van der Waals surface area contributed by atoms with Crippen LogP contribution in [0.1, 0.15) is 12.0 Å². The number of hydrogen-bond donors (Lipinski definition) is 0. The van der Waals surface area contributed by atoms with Crippen molar-refractivity contribution in [3.05, 3.63) is 60.2 Å². The maximum Gasteiger partial charge on any atom is 0.206 e. The number of anilines is 1. The fraction of sp³-hybridized carbons (Fsp3) is 0.235. The summed E-state index contributed by atoms with van der Waals surface area (Å²) in [6.45, 7) is 3.09. The van der Waals surface area contributed by atoms with Crippen molar-refractivity contribution in [1.82, 2.24) is 9.55 Å². The highest BCUT2D eigenvalue weighted by atomic mass is 35.5. The SMILES string of the molecule is Cl.O.O.c1ccc(CN2CCCn3c2nc2ccccc23)cc1. The Hall–Kier alpha value is -2.08. The summed E-state index contributed by atoms with van der Waals surface area (Å²) in [5.41, 5.74) is 3.69. The van der Waals surface area contributed by atoms with Gasteiger partial charge in [0.25, 0.3) is 0 Å². The first-order chi connectivity index (χ1) is 9.92. The zero-order valence-electron chi connectivity index (χ0n) is 12.8. The second kappa shape index (κ2) is 7.97. The van der Waals surface area contributed by atoms with Crippen LogP contribution in [0.3, 0.4) is 0 Å². The van der Waals surface area contributed by atoms with E-state index in [9.17, 15) is 0 Å². The van der Waals surface area contributed by atoms with Gasteiger partial charge in [-0.25, -0.2) is 4.98 Å². The molecular weight excluding hydrogens is 314 g/mol. The summed E-state index contributed by atoms with van der Waals surface area (Å²) < 4.78 is 2.35. The van der Waals surface area contributed by atoms with Gasteiger partial charge in [0.2, 0.25) is 5.95 Å². The predicted octanol–water partition coefficient (Wildman–Crippen LogP) is 2.22. The maximum atomic E-state index is 4.82. The second-order valence-electron chi connectivity index (χ2n) is 5.31. The smallest absolute Gasteiger partial charge is 0.206 e. The summed E-state index contributed by atoms with van der Waals surface area (Å²) in [5.74, 6) is 1.11. The molecular formula is C17H22ClN3O2. The first-order valence-electron chi connectivity index (χ1n) is 7.16. The van der Waals surface area contributed by atoms with Gasteiger partial charge in [0.1, 0.15) is 0 Å². The Morgan fingerprint density at radius 1 is 0.870 bits per heavy atom. The van der Waals surface area contributed by atoms with Crippen molar-refractivity contribution >= 4 is 29.4 Å². The summed E-state index contributed by atoms with van der Waals surface area (Å²) in [6, 6.07) is 19.0. The Morgan fingerprint density at radius 3 is 2.35 bits per heavy atom. The van der Waals surface area contributed by atoms with Gasteiger partial charge in [0.15, 0.2) is 0 Å². The molecule has 4 rings (SSSR count). The predicted molar refractivity (Wildman–Crippen MR) is 96.3 cm³/mol. The van der Waals surface area contributed by atoms with Crippen molar-refractivity contribution in [3.63, 3.8) is 0 Å². The molecule has 0 amide bonds. The lowest BCUT2D eigenvalue weighted by Crippen LogP contribution is -2.31. The zero-order chi connectivity index (χ0) is 13.4. The lowest BCUT2D eigenvalue weighted by molar-refractivity contribution is 0.564. The molecule has 1 aliphatic rings. The molecule has 0 radical (unpaired) electrons. The van der Waals surface area contributed by atoms with E-state index in [4.69, 9.17) is 4.98 Å². The third-order valence-corrected chi connectivity index (χ3v) is 3.94. The Morgan fingerprint density at radius 2 is 1.57 bits per heavy atom. The van der Waals surface area contributed by atoms with Gasteiger partial charge in [-0.15, -0.1) is 12.4 Å². The molecule has 0 fully saturated rings. The van der Waals surface area contributed by atoms with Crippen LogP contribution in [0.2, 0.25) is 0 Å². The largest absolute Gasteiger partial charge is 0.412 e. The van der Waals surface area contributed by atoms with E-state index in [1.807, 2.05) is 0 Å². The average Bonchev–Trinajstić information content (AvgIpc) is 2.88. The van der Waals surface area contributed by atoms with Gasteiger partial charge >= 0.3 is 0 Å². The highest BCUT2D eigenvalue weighted by Crippen LogP contribution is 2.27. The molecule has 0 spiro atoms. The van der Waals surface area contributed by atoms with E-state index in [2.05, 4.69) is 64.1 Å². The van der Waals surface area contributed by atoms with E-state index in [1.165, 1.54) is 17.5 Å². The average molecular weight is 336 g/mol. The second-order valence-corrected chi connectivity index (χ2v) is 5.31. The van der Waals surface area contributed by atoms with E-state index < -0.39 is 0 Å². The van der Waals surface area contributed by atoms with Gasteiger partial charge in [-0.2, -0.15) is 0 Å². The van der Waals surface area contributed by atoms with E-state index in [0.29, 0.717) is 0 Å². The molecule has 0 unspecified atom stereocenters. The Bertz CT molecular complexity index is 746. The Kier molecular flexibility index (Phi) is 6.57. The van der Waals surface area contributed by atoms with Crippen LogP contribution in [-0.4, -0.2) is 27.0 Å². The first-order valence-corrected chi connectivity index (χ1v) is 7.16. The number of para-hydroxylation sites is 2. The molecule has 0 atom stereocenters. The monoisotopic (exact) mass is 335 g/mol. The molecule has 0 aliphatic carbocycles. The van der Waals surface area contributed by atoms with Gasteiger partial charge in [0.05, 0.1) is 11.0 Å². The summed E-state index contributed by atoms with van der Waals surface area (Å²) in [4.78, 5) is 7.21. The highest BCUT2D eigenvalue weighted by Gasteiger charge is 2.20. The standard InChI is InChI=1S/C17H17N3.ClH.2H2O/c1-2-7-14(8-3-1)13-19-11-6-12-20-16-10-5-4-9-15(16)18-17(19)20;;;/h1-5,7-10H,6,11-13H2;1H;2*1H2. The van der Waals surface area contributed by atoms with E-state index in [1.54, 1.807) is 0 Å². The minimum Gasteiger partial charge on any atom is -0.412 e. The van der Waals surface area contributed by atoms with E-state index in [-0.39, 0.29) is 23.4 Å². The topological polar surface area (TPSA) is 84.1 Å². The van der Waals surface area contributed by atoms with Gasteiger partial charge in [0, 0.05) is 19.6 Å². The van der Waals surface area contributed by atoms with Crippen molar-refractivity contribution in [3.8, 4) is 0 Å². The Labute approximate surface area is 141 Å². The van der Waals surface area contributed by atoms with Crippen LogP contribution in [0.15, 0.2) is 54.6 Å². The van der Waals surface area contributed by atoms with Crippen molar-refractivity contribution in [1.29, 1.82) is 0 Å². The minimum atomic E-state index is 0. The molecule has 0 bridgehead atoms. The number of aromatic nitrogens is 2. The molecule has 0 saturated heterocycles. The number of nitrogens with zero attached hydrogens (tertiary/aromatic N) is 3. The molecule has 2 aromatic carbocycles. The lowest BCUT2D eigenvalue weighted by Gasteiger charge is -2.29. The summed E-state index contributed by atoms with van der Waals surface area (Å²) >= 11 is 0. The van der Waals surface area contributed by atoms with Crippen molar-refractivity contribution in [2.45, 2.75) is 19.5 Å². The van der Waals surface area contributed by atoms with Crippen LogP contribution >= 0.6 is 12.4 Å². The van der Waals surface area contributed by atoms with E-state index in [0.717, 1.165) is 31.1 Å². The molecule has 23 heavy (non-hydrogen) atoms. The van der Waals surface area contributed by atoms with E-state index >= 15 is 0 Å². The highest BCUT2D eigenvalue weighted by molar-refractivity contribution is 5.85. The van der Waals surface area contributed by atoms with Crippen LogP contribution in [-0.2, 0) is 13.1 Å². The minimum absolute atomic E-state index is 0. The first kappa shape index (κ1) is 19.0. The molecule has 2 heterocycles. The number of halogens is 1. The third-order valence-electron chi connectivity index (χ3n) is 3.94. The zero-order valence-corrected chi connectivity index (χ0v) is 13.6. The fourth-order valence-electron chi connectivity index (χ4n) is 3.00. The fourth-order valence-corrected chi connectivity index (χ4v) is 3.00. The normalized spacial score (nSPS) is 12.6. The number of aryl methyl sites for hydroxylation is 1. The van der Waals surface area contributed by atoms with Crippen LogP contribution in [0.5, 0.6) is 0 Å². The van der Waals surface area contributed by atoms with Gasteiger partial charge in [-0.3, -0.25) is 0 Å². The number of imidazole rings is 1. The molecule has 0 saturated carbocycles. The van der Waals surface area contributed by atoms with Crippen molar-refractivity contribution in [2.24, 2.45) is 0 Å². The van der Waals surface area contributed by atoms with Crippen LogP contribution in [0, 0.1) is 0 Å². The molecule has 1 aromatic heterocycles. The molecule has 1 aliphatic heterocycles. The van der Waals surface area contributed by atoms with Gasteiger partial charge in [-0.1, -0.05) is 42.5 Å². The number of rotatable bonds is 2. The molecule has 3 aromatic rings. The maximum absolute atomic E-state index is 4.82. The van der Waals surface area contributed by atoms with Crippen LogP contribution < -0.4 is 4.90 Å². The van der Waals surface area contributed by atoms with Gasteiger partial charge < -0.3 is 20.4 Å². The van der Waals surface area contributed by atoms with Crippen molar-refractivity contribution in [2.75, 3.05) is 11.4 Å². The number of fused-ring (bicyclic) bond motifs is 3. The van der Waals surface area contributed by atoms with Crippen molar-refractivity contribution < 1.29 is 11.0 Å². The van der Waals surface area contributed by atoms with Crippen LogP contribution in [0.25, 0.3) is 11.0 Å². The number of hydrogen-bond acceptors (Lipinski definition) is 2. The summed E-state index contributed by atoms with van der Waals surface area (Å²) in [7, 11) is 0. The Balaban J connectivity index is 0.000000882. The molecule has 124 valence electrons. The van der Waals surface area contributed by atoms with Crippen LogP contribution in [0.4, 0.5) is 5.95 Å². The summed E-state index contributed by atoms with van der Waals surface area (Å²) in [6.07, 6.45) is 1.18. The third kappa shape index (κ3) is 3.47. The molecule has 5 nitrogen and oxygen atoms in total.